The lowest BCUT2D eigenvalue weighted by atomic mass is 10.2. The van der Waals surface area contributed by atoms with Gasteiger partial charge in [-0.2, -0.15) is 0 Å². The first-order chi connectivity index (χ1) is 5.34. The molecular weight excluding hydrogens is 146 g/mol. The van der Waals surface area contributed by atoms with Gasteiger partial charge in [0.05, 0.1) is 6.04 Å². The molecule has 0 bridgehead atoms. The maximum atomic E-state index is 11.0. The Labute approximate surface area is 64.5 Å². The number of hydrazine groups is 1. The topological polar surface area (TPSA) is 70.2 Å². The summed E-state index contributed by atoms with van der Waals surface area (Å²) in [6, 6.07) is -0.137. The second-order valence-corrected chi connectivity index (χ2v) is 2.40. The van der Waals surface area contributed by atoms with E-state index in [2.05, 4.69) is 16.2 Å². The van der Waals surface area contributed by atoms with Gasteiger partial charge in [-0.25, -0.2) is 0 Å². The molecule has 0 radical (unpaired) electrons. The van der Waals surface area contributed by atoms with Gasteiger partial charge in [0.1, 0.15) is 0 Å². The van der Waals surface area contributed by atoms with Crippen LogP contribution in [0.3, 0.4) is 0 Å². The van der Waals surface area contributed by atoms with Crippen LogP contribution in [0.2, 0.25) is 0 Å². The zero-order valence-corrected chi connectivity index (χ0v) is 6.09. The fourth-order valence-electron chi connectivity index (χ4n) is 1.10. The van der Waals surface area contributed by atoms with E-state index in [1.165, 1.54) is 0 Å². The molecule has 1 unspecified atom stereocenters. The molecular formula is C6H11N3O2. The number of hydrogen-bond donors (Lipinski definition) is 3. The minimum Gasteiger partial charge on any atom is -0.306 e. The molecule has 1 saturated heterocycles. The quantitative estimate of drug-likeness (QED) is 0.345. The van der Waals surface area contributed by atoms with Gasteiger partial charge in [0, 0.05) is 0 Å². The molecule has 1 heterocycles. The monoisotopic (exact) mass is 157 g/mol. The maximum absolute atomic E-state index is 11.0. The predicted octanol–water partition coefficient (Wildman–Crippen LogP) is -1.48. The standard InChI is InChI=1S/C6H11N3O2/c10-4-8-9-6(11)5-2-1-3-7-5/h4-5,7H,1-3H2,(H,8,10)(H,9,11). The minimum absolute atomic E-state index is 0.137. The van der Waals surface area contributed by atoms with Gasteiger partial charge in [0.25, 0.3) is 5.91 Å². The molecule has 0 aromatic rings. The molecule has 0 aromatic heterocycles. The highest BCUT2D eigenvalue weighted by atomic mass is 16.2. The number of rotatable bonds is 3. The molecule has 1 aliphatic heterocycles. The van der Waals surface area contributed by atoms with Gasteiger partial charge >= 0.3 is 0 Å². The van der Waals surface area contributed by atoms with Gasteiger partial charge in [0.15, 0.2) is 0 Å². The molecule has 1 aliphatic rings. The minimum atomic E-state index is -0.172. The van der Waals surface area contributed by atoms with Gasteiger partial charge in [-0.15, -0.1) is 0 Å². The second-order valence-electron chi connectivity index (χ2n) is 2.40. The molecule has 1 rings (SSSR count). The van der Waals surface area contributed by atoms with E-state index in [-0.39, 0.29) is 11.9 Å². The first kappa shape index (κ1) is 8.00. The van der Waals surface area contributed by atoms with E-state index in [1.807, 2.05) is 0 Å². The molecule has 0 spiro atoms. The summed E-state index contributed by atoms with van der Waals surface area (Å²) in [5.74, 6) is -0.172. The fraction of sp³-hybridized carbons (Fsp3) is 0.667. The highest BCUT2D eigenvalue weighted by molar-refractivity contribution is 5.82. The first-order valence-corrected chi connectivity index (χ1v) is 3.57. The van der Waals surface area contributed by atoms with Gasteiger partial charge in [-0.1, -0.05) is 0 Å². The average Bonchev–Trinajstić information content (AvgIpc) is 2.52. The van der Waals surface area contributed by atoms with Crippen molar-refractivity contribution < 1.29 is 9.59 Å². The SMILES string of the molecule is O=CNNC(=O)C1CCCN1. The Bertz CT molecular complexity index is 154. The molecule has 1 atom stereocenters. The van der Waals surface area contributed by atoms with Crippen molar-refractivity contribution in [2.75, 3.05) is 6.54 Å². The molecule has 62 valence electrons. The number of amides is 2. The van der Waals surface area contributed by atoms with Crippen molar-refractivity contribution in [1.82, 2.24) is 16.2 Å². The number of hydrogen-bond acceptors (Lipinski definition) is 3. The third kappa shape index (κ3) is 2.19. The van der Waals surface area contributed by atoms with Crippen LogP contribution < -0.4 is 16.2 Å². The number of nitrogens with one attached hydrogen (secondary N) is 3. The maximum Gasteiger partial charge on any atom is 0.255 e. The van der Waals surface area contributed by atoms with Crippen molar-refractivity contribution in [1.29, 1.82) is 0 Å². The lowest BCUT2D eigenvalue weighted by Gasteiger charge is -2.08. The summed E-state index contributed by atoms with van der Waals surface area (Å²) in [6.45, 7) is 0.874. The largest absolute Gasteiger partial charge is 0.306 e. The zero-order valence-electron chi connectivity index (χ0n) is 6.09. The van der Waals surface area contributed by atoms with Crippen LogP contribution in [0.4, 0.5) is 0 Å². The molecule has 3 N–H and O–H groups in total. The lowest BCUT2D eigenvalue weighted by molar-refractivity contribution is -0.126. The van der Waals surface area contributed by atoms with E-state index < -0.39 is 0 Å². The van der Waals surface area contributed by atoms with E-state index in [0.717, 1.165) is 19.4 Å². The zero-order chi connectivity index (χ0) is 8.10. The van der Waals surface area contributed by atoms with Crippen molar-refractivity contribution in [3.8, 4) is 0 Å². The predicted molar refractivity (Wildman–Crippen MR) is 38.4 cm³/mol. The van der Waals surface area contributed by atoms with Crippen molar-refractivity contribution in [3.63, 3.8) is 0 Å². The van der Waals surface area contributed by atoms with E-state index >= 15 is 0 Å². The smallest absolute Gasteiger partial charge is 0.255 e. The first-order valence-electron chi connectivity index (χ1n) is 3.57. The summed E-state index contributed by atoms with van der Waals surface area (Å²) < 4.78 is 0. The summed E-state index contributed by atoms with van der Waals surface area (Å²) in [7, 11) is 0. The molecule has 2 amide bonds. The van der Waals surface area contributed by atoms with E-state index in [1.54, 1.807) is 0 Å². The Morgan fingerprint density at radius 1 is 1.64 bits per heavy atom. The Kier molecular flexibility index (Phi) is 2.85. The average molecular weight is 157 g/mol. The van der Waals surface area contributed by atoms with Gasteiger partial charge in [0.2, 0.25) is 6.41 Å². The van der Waals surface area contributed by atoms with Gasteiger partial charge in [-0.05, 0) is 19.4 Å². The van der Waals surface area contributed by atoms with Crippen LogP contribution in [0.5, 0.6) is 0 Å². The molecule has 0 aliphatic carbocycles. The highest BCUT2D eigenvalue weighted by Crippen LogP contribution is 2.03. The van der Waals surface area contributed by atoms with E-state index in [9.17, 15) is 9.59 Å². The van der Waals surface area contributed by atoms with E-state index in [4.69, 9.17) is 0 Å². The number of carbonyl (C=O) groups excluding carboxylic acids is 2. The Hall–Kier alpha value is -1.10. The summed E-state index contributed by atoms with van der Waals surface area (Å²) in [4.78, 5) is 20.8. The molecule has 11 heavy (non-hydrogen) atoms. The summed E-state index contributed by atoms with van der Waals surface area (Å²) >= 11 is 0. The second kappa shape index (κ2) is 3.92. The van der Waals surface area contributed by atoms with Gasteiger partial charge < -0.3 is 5.32 Å². The van der Waals surface area contributed by atoms with Crippen molar-refractivity contribution >= 4 is 12.3 Å². The highest BCUT2D eigenvalue weighted by Gasteiger charge is 2.21. The van der Waals surface area contributed by atoms with Crippen molar-refractivity contribution in [3.05, 3.63) is 0 Å². The molecule has 0 saturated carbocycles. The Morgan fingerprint density at radius 3 is 3.00 bits per heavy atom. The van der Waals surface area contributed by atoms with Crippen LogP contribution in [-0.4, -0.2) is 24.9 Å². The van der Waals surface area contributed by atoms with Crippen molar-refractivity contribution in [2.24, 2.45) is 0 Å². The normalized spacial score (nSPS) is 22.7. The third-order valence-corrected chi connectivity index (χ3v) is 1.63. The van der Waals surface area contributed by atoms with Crippen LogP contribution in [0.25, 0.3) is 0 Å². The fourth-order valence-corrected chi connectivity index (χ4v) is 1.10. The lowest BCUT2D eigenvalue weighted by Crippen LogP contribution is -2.46. The van der Waals surface area contributed by atoms with Crippen LogP contribution in [0.1, 0.15) is 12.8 Å². The molecule has 5 heteroatoms. The van der Waals surface area contributed by atoms with E-state index in [0.29, 0.717) is 6.41 Å². The van der Waals surface area contributed by atoms with Crippen LogP contribution in [0.15, 0.2) is 0 Å². The number of carbonyl (C=O) groups is 2. The molecule has 0 aromatic carbocycles. The van der Waals surface area contributed by atoms with Crippen LogP contribution in [0, 0.1) is 0 Å². The van der Waals surface area contributed by atoms with Crippen LogP contribution in [-0.2, 0) is 9.59 Å². The summed E-state index contributed by atoms with van der Waals surface area (Å²) in [6.07, 6.45) is 2.29. The molecule has 5 nitrogen and oxygen atoms in total. The Balaban J connectivity index is 2.22. The van der Waals surface area contributed by atoms with Gasteiger partial charge in [-0.3, -0.25) is 20.4 Å². The van der Waals surface area contributed by atoms with Crippen molar-refractivity contribution in [2.45, 2.75) is 18.9 Å². The summed E-state index contributed by atoms with van der Waals surface area (Å²) in [5.41, 5.74) is 4.36. The molecule has 1 fully saturated rings. The Morgan fingerprint density at radius 2 is 2.45 bits per heavy atom. The third-order valence-electron chi connectivity index (χ3n) is 1.63. The van der Waals surface area contributed by atoms with Crippen LogP contribution >= 0.6 is 0 Å². The summed E-state index contributed by atoms with van der Waals surface area (Å²) in [5, 5.41) is 3.00.